The minimum atomic E-state index is -0.436. The van der Waals surface area contributed by atoms with E-state index in [1.54, 1.807) is 0 Å². The standard InChI is InChI=1S/C15H28N2O2/c1-14(2,3)19-13(18)17-9-7-6-8-10-11(16)15(4,5)12(10)17/h10-12H,6-9,16H2,1-5H3. The number of hydrogen-bond donors (Lipinski definition) is 1. The van der Waals surface area contributed by atoms with Crippen LogP contribution in [-0.4, -0.2) is 35.2 Å². The molecule has 2 fully saturated rings. The Kier molecular flexibility index (Phi) is 3.58. The molecule has 1 heterocycles. The van der Waals surface area contributed by atoms with Crippen LogP contribution in [0.4, 0.5) is 4.79 Å². The van der Waals surface area contributed by atoms with Gasteiger partial charge in [-0.2, -0.15) is 0 Å². The maximum atomic E-state index is 12.4. The Bertz CT molecular complexity index is 360. The fourth-order valence-electron chi connectivity index (χ4n) is 3.68. The number of nitrogens with zero attached hydrogens (tertiary/aromatic N) is 1. The molecule has 110 valence electrons. The smallest absolute Gasteiger partial charge is 0.410 e. The molecule has 0 aromatic rings. The number of likely N-dealkylation sites (tertiary alicyclic amines) is 1. The van der Waals surface area contributed by atoms with Crippen LogP contribution in [0.15, 0.2) is 0 Å². The molecule has 0 radical (unpaired) electrons. The van der Waals surface area contributed by atoms with E-state index in [4.69, 9.17) is 10.5 Å². The molecule has 1 amide bonds. The van der Waals surface area contributed by atoms with Crippen molar-refractivity contribution in [2.45, 2.75) is 71.6 Å². The lowest BCUT2D eigenvalue weighted by Crippen LogP contribution is -2.71. The van der Waals surface area contributed by atoms with Crippen LogP contribution in [0.25, 0.3) is 0 Å². The molecule has 1 saturated heterocycles. The van der Waals surface area contributed by atoms with Gasteiger partial charge in [-0.25, -0.2) is 4.79 Å². The Morgan fingerprint density at radius 3 is 2.53 bits per heavy atom. The summed E-state index contributed by atoms with van der Waals surface area (Å²) in [6, 6.07) is 0.431. The second kappa shape index (κ2) is 4.65. The number of nitrogens with two attached hydrogens (primary N) is 1. The zero-order chi connectivity index (χ0) is 14.4. The minimum Gasteiger partial charge on any atom is -0.444 e. The molecule has 1 saturated carbocycles. The number of hydrogen-bond acceptors (Lipinski definition) is 3. The first-order chi connectivity index (χ1) is 8.64. The topological polar surface area (TPSA) is 55.6 Å². The maximum absolute atomic E-state index is 12.4. The molecule has 4 heteroatoms. The fourth-order valence-corrected chi connectivity index (χ4v) is 3.68. The summed E-state index contributed by atoms with van der Waals surface area (Å²) in [6.45, 7) is 10.9. The van der Waals surface area contributed by atoms with Crippen LogP contribution < -0.4 is 5.73 Å². The van der Waals surface area contributed by atoms with Crippen LogP contribution in [0.3, 0.4) is 0 Å². The van der Waals surface area contributed by atoms with E-state index in [1.807, 2.05) is 25.7 Å². The van der Waals surface area contributed by atoms with Gasteiger partial charge in [0, 0.05) is 24.0 Å². The predicted molar refractivity (Wildman–Crippen MR) is 75.8 cm³/mol. The lowest BCUT2D eigenvalue weighted by molar-refractivity contribution is -0.0803. The van der Waals surface area contributed by atoms with Crippen molar-refractivity contribution in [3.05, 3.63) is 0 Å². The van der Waals surface area contributed by atoms with Gasteiger partial charge in [-0.3, -0.25) is 0 Å². The Hall–Kier alpha value is -0.770. The normalized spacial score (nSPS) is 34.0. The summed E-state index contributed by atoms with van der Waals surface area (Å²) < 4.78 is 5.56. The molecular formula is C15H28N2O2. The number of rotatable bonds is 0. The maximum Gasteiger partial charge on any atom is 0.410 e. The van der Waals surface area contributed by atoms with Crippen LogP contribution in [0.1, 0.15) is 53.9 Å². The van der Waals surface area contributed by atoms with Crippen molar-refractivity contribution in [1.82, 2.24) is 4.90 Å². The summed E-state index contributed by atoms with van der Waals surface area (Å²) >= 11 is 0. The minimum absolute atomic E-state index is 0.00802. The molecule has 19 heavy (non-hydrogen) atoms. The molecule has 0 bridgehead atoms. The molecule has 2 N–H and O–H groups in total. The van der Waals surface area contributed by atoms with Gasteiger partial charge in [0.1, 0.15) is 5.60 Å². The third-order valence-corrected chi connectivity index (χ3v) is 4.64. The Morgan fingerprint density at radius 1 is 1.32 bits per heavy atom. The molecule has 3 atom stereocenters. The van der Waals surface area contributed by atoms with Crippen molar-refractivity contribution in [1.29, 1.82) is 0 Å². The van der Waals surface area contributed by atoms with Gasteiger partial charge in [0.15, 0.2) is 0 Å². The summed E-state index contributed by atoms with van der Waals surface area (Å²) in [5.41, 5.74) is 5.85. The van der Waals surface area contributed by atoms with Crippen molar-refractivity contribution in [2.75, 3.05) is 6.54 Å². The summed E-state index contributed by atoms with van der Waals surface area (Å²) in [6.07, 6.45) is 3.16. The van der Waals surface area contributed by atoms with Gasteiger partial charge in [-0.05, 0) is 39.5 Å². The first-order valence-corrected chi connectivity index (χ1v) is 7.40. The quantitative estimate of drug-likeness (QED) is 0.735. The lowest BCUT2D eigenvalue weighted by Gasteiger charge is -2.59. The molecular weight excluding hydrogens is 240 g/mol. The highest BCUT2D eigenvalue weighted by Crippen LogP contribution is 2.50. The van der Waals surface area contributed by atoms with Gasteiger partial charge < -0.3 is 15.4 Å². The number of fused-ring (bicyclic) bond motifs is 1. The molecule has 1 aliphatic heterocycles. The van der Waals surface area contributed by atoms with Crippen molar-refractivity contribution < 1.29 is 9.53 Å². The second-order valence-corrected chi connectivity index (χ2v) is 7.63. The Labute approximate surface area is 116 Å². The van der Waals surface area contributed by atoms with E-state index < -0.39 is 5.60 Å². The number of amides is 1. The predicted octanol–water partition coefficient (Wildman–Crippen LogP) is 2.76. The van der Waals surface area contributed by atoms with E-state index >= 15 is 0 Å². The average molecular weight is 268 g/mol. The molecule has 2 aliphatic rings. The van der Waals surface area contributed by atoms with Crippen LogP contribution in [0.5, 0.6) is 0 Å². The highest BCUT2D eigenvalue weighted by atomic mass is 16.6. The van der Waals surface area contributed by atoms with E-state index in [0.717, 1.165) is 25.8 Å². The second-order valence-electron chi connectivity index (χ2n) is 7.63. The van der Waals surface area contributed by atoms with Crippen molar-refractivity contribution in [3.63, 3.8) is 0 Å². The van der Waals surface area contributed by atoms with E-state index in [0.29, 0.717) is 5.92 Å². The van der Waals surface area contributed by atoms with Gasteiger partial charge in [0.2, 0.25) is 0 Å². The third-order valence-electron chi connectivity index (χ3n) is 4.64. The van der Waals surface area contributed by atoms with E-state index in [9.17, 15) is 4.79 Å². The monoisotopic (exact) mass is 268 g/mol. The first kappa shape index (κ1) is 14.6. The van der Waals surface area contributed by atoms with Gasteiger partial charge in [0.25, 0.3) is 0 Å². The lowest BCUT2D eigenvalue weighted by atomic mass is 9.54. The van der Waals surface area contributed by atoms with E-state index in [-0.39, 0.29) is 23.6 Å². The average Bonchev–Trinajstić information content (AvgIpc) is 2.47. The number of ether oxygens (including phenoxy) is 1. The SMILES string of the molecule is CC(C)(C)OC(=O)N1CCCCC2C(N)C(C)(C)C21. The summed E-state index contributed by atoms with van der Waals surface area (Å²) in [7, 11) is 0. The zero-order valence-corrected chi connectivity index (χ0v) is 12.9. The van der Waals surface area contributed by atoms with Crippen LogP contribution in [0, 0.1) is 11.3 Å². The Balaban J connectivity index is 2.16. The van der Waals surface area contributed by atoms with Crippen molar-refractivity contribution >= 4 is 6.09 Å². The van der Waals surface area contributed by atoms with Gasteiger partial charge in [-0.15, -0.1) is 0 Å². The number of carbonyl (C=O) groups is 1. The van der Waals surface area contributed by atoms with Crippen LogP contribution in [0.2, 0.25) is 0 Å². The van der Waals surface area contributed by atoms with E-state index in [1.165, 1.54) is 0 Å². The molecule has 3 unspecified atom stereocenters. The molecule has 0 aromatic carbocycles. The molecule has 0 spiro atoms. The number of carbonyl (C=O) groups excluding carboxylic acids is 1. The highest BCUT2D eigenvalue weighted by Gasteiger charge is 2.58. The largest absolute Gasteiger partial charge is 0.444 e. The first-order valence-electron chi connectivity index (χ1n) is 7.40. The van der Waals surface area contributed by atoms with Crippen LogP contribution >= 0.6 is 0 Å². The highest BCUT2D eigenvalue weighted by molar-refractivity contribution is 5.69. The summed E-state index contributed by atoms with van der Waals surface area (Å²) in [5.74, 6) is 0.435. The van der Waals surface area contributed by atoms with Gasteiger partial charge in [0.05, 0.1) is 0 Å². The van der Waals surface area contributed by atoms with Gasteiger partial charge in [-0.1, -0.05) is 20.3 Å². The van der Waals surface area contributed by atoms with Crippen molar-refractivity contribution in [3.8, 4) is 0 Å². The molecule has 4 nitrogen and oxygen atoms in total. The molecule has 1 aliphatic carbocycles. The molecule has 0 aromatic heterocycles. The van der Waals surface area contributed by atoms with E-state index in [2.05, 4.69) is 13.8 Å². The van der Waals surface area contributed by atoms with Crippen LogP contribution in [-0.2, 0) is 4.74 Å². The van der Waals surface area contributed by atoms with Crippen molar-refractivity contribution in [2.24, 2.45) is 17.1 Å². The zero-order valence-electron chi connectivity index (χ0n) is 12.9. The molecule has 2 rings (SSSR count). The summed E-state index contributed by atoms with van der Waals surface area (Å²) in [4.78, 5) is 14.4. The third kappa shape index (κ3) is 2.60. The Morgan fingerprint density at radius 2 is 1.95 bits per heavy atom. The fraction of sp³-hybridized carbons (Fsp3) is 0.933. The summed E-state index contributed by atoms with van der Waals surface area (Å²) in [5, 5.41) is 0. The van der Waals surface area contributed by atoms with Gasteiger partial charge >= 0.3 is 6.09 Å².